The summed E-state index contributed by atoms with van der Waals surface area (Å²) in [5.41, 5.74) is 0. The molecule has 100 valence electrons. The Hall–Kier alpha value is -0.650. The van der Waals surface area contributed by atoms with Crippen molar-refractivity contribution in [3.8, 4) is 0 Å². The van der Waals surface area contributed by atoms with Gasteiger partial charge in [-0.25, -0.2) is 0 Å². The lowest BCUT2D eigenvalue weighted by Crippen LogP contribution is -2.41. The highest BCUT2D eigenvalue weighted by molar-refractivity contribution is 5.77. The fourth-order valence-electron chi connectivity index (χ4n) is 2.09. The predicted molar refractivity (Wildman–Crippen MR) is 68.0 cm³/mol. The molecule has 17 heavy (non-hydrogen) atoms. The summed E-state index contributed by atoms with van der Waals surface area (Å²) in [5, 5.41) is 9.49. The lowest BCUT2D eigenvalue weighted by atomic mass is 10.1. The monoisotopic (exact) mass is 243 g/mol. The Kier molecular flexibility index (Phi) is 7.16. The Bertz CT molecular complexity index is 218. The number of rotatable bonds is 8. The quantitative estimate of drug-likeness (QED) is 0.520. The van der Waals surface area contributed by atoms with Crippen molar-refractivity contribution in [2.24, 2.45) is 0 Å². The highest BCUT2D eigenvalue weighted by atomic mass is 16.5. The SMILES string of the molecule is COCCNC(=O)CNC(C)CC1CCCN1. The average molecular weight is 243 g/mol. The highest BCUT2D eigenvalue weighted by Crippen LogP contribution is 2.10. The fraction of sp³-hybridized carbons (Fsp3) is 0.917. The molecule has 1 aliphatic heterocycles. The fourth-order valence-corrected chi connectivity index (χ4v) is 2.09. The van der Waals surface area contributed by atoms with E-state index >= 15 is 0 Å². The predicted octanol–water partition coefficient (Wildman–Crippen LogP) is -0.131. The molecule has 0 aromatic heterocycles. The van der Waals surface area contributed by atoms with Crippen molar-refractivity contribution in [1.29, 1.82) is 0 Å². The second kappa shape index (κ2) is 8.44. The minimum Gasteiger partial charge on any atom is -0.383 e. The van der Waals surface area contributed by atoms with Gasteiger partial charge in [0, 0.05) is 25.7 Å². The van der Waals surface area contributed by atoms with E-state index in [1.807, 2.05) is 0 Å². The van der Waals surface area contributed by atoms with Gasteiger partial charge < -0.3 is 20.7 Å². The van der Waals surface area contributed by atoms with Gasteiger partial charge in [0.25, 0.3) is 0 Å². The zero-order valence-corrected chi connectivity index (χ0v) is 10.9. The summed E-state index contributed by atoms with van der Waals surface area (Å²) in [6.45, 7) is 4.79. The molecule has 0 bridgehead atoms. The largest absolute Gasteiger partial charge is 0.383 e. The van der Waals surface area contributed by atoms with Crippen LogP contribution in [-0.2, 0) is 9.53 Å². The third-order valence-corrected chi connectivity index (χ3v) is 3.04. The Labute approximate surface area is 104 Å². The molecule has 0 aromatic rings. The van der Waals surface area contributed by atoms with Crippen molar-refractivity contribution in [3.05, 3.63) is 0 Å². The van der Waals surface area contributed by atoms with Crippen LogP contribution in [0.3, 0.4) is 0 Å². The van der Waals surface area contributed by atoms with E-state index in [-0.39, 0.29) is 5.91 Å². The third-order valence-electron chi connectivity index (χ3n) is 3.04. The van der Waals surface area contributed by atoms with Crippen molar-refractivity contribution in [2.75, 3.05) is 33.4 Å². The van der Waals surface area contributed by atoms with Crippen LogP contribution in [0.1, 0.15) is 26.2 Å². The minimum absolute atomic E-state index is 0.0354. The van der Waals surface area contributed by atoms with Gasteiger partial charge >= 0.3 is 0 Å². The van der Waals surface area contributed by atoms with Gasteiger partial charge in [-0.05, 0) is 32.7 Å². The van der Waals surface area contributed by atoms with Crippen molar-refractivity contribution < 1.29 is 9.53 Å². The van der Waals surface area contributed by atoms with E-state index in [1.165, 1.54) is 12.8 Å². The molecule has 2 atom stereocenters. The Morgan fingerprint density at radius 2 is 2.41 bits per heavy atom. The van der Waals surface area contributed by atoms with Gasteiger partial charge in [-0.2, -0.15) is 0 Å². The molecule has 0 aliphatic carbocycles. The summed E-state index contributed by atoms with van der Waals surface area (Å²) in [5.74, 6) is 0.0354. The van der Waals surface area contributed by atoms with E-state index in [1.54, 1.807) is 7.11 Å². The van der Waals surface area contributed by atoms with E-state index in [4.69, 9.17) is 4.74 Å². The second-order valence-electron chi connectivity index (χ2n) is 4.65. The number of hydrogen-bond donors (Lipinski definition) is 3. The topological polar surface area (TPSA) is 62.4 Å². The maximum absolute atomic E-state index is 11.4. The van der Waals surface area contributed by atoms with Crippen LogP contribution in [-0.4, -0.2) is 51.3 Å². The van der Waals surface area contributed by atoms with Gasteiger partial charge in [-0.15, -0.1) is 0 Å². The summed E-state index contributed by atoms with van der Waals surface area (Å²) in [6, 6.07) is 0.993. The van der Waals surface area contributed by atoms with Crippen molar-refractivity contribution in [3.63, 3.8) is 0 Å². The molecule has 5 nitrogen and oxygen atoms in total. The van der Waals surface area contributed by atoms with Gasteiger partial charge in [-0.1, -0.05) is 0 Å². The number of carbonyl (C=O) groups excluding carboxylic acids is 1. The van der Waals surface area contributed by atoms with Gasteiger partial charge in [0.2, 0.25) is 5.91 Å². The van der Waals surface area contributed by atoms with Crippen LogP contribution >= 0.6 is 0 Å². The molecule has 1 rings (SSSR count). The molecular formula is C12H25N3O2. The zero-order chi connectivity index (χ0) is 12.5. The lowest BCUT2D eigenvalue weighted by molar-refractivity contribution is -0.120. The van der Waals surface area contributed by atoms with Gasteiger partial charge in [0.1, 0.15) is 0 Å². The van der Waals surface area contributed by atoms with Crippen LogP contribution in [0.4, 0.5) is 0 Å². The Balaban J connectivity index is 2.01. The van der Waals surface area contributed by atoms with E-state index in [9.17, 15) is 4.79 Å². The normalized spacial score (nSPS) is 21.4. The standard InChI is InChI=1S/C12H25N3O2/c1-10(8-11-4-3-5-13-11)15-9-12(16)14-6-7-17-2/h10-11,13,15H,3-9H2,1-2H3,(H,14,16). The molecule has 1 amide bonds. The molecule has 1 heterocycles. The number of ether oxygens (including phenoxy) is 1. The molecule has 1 fully saturated rings. The summed E-state index contributed by atoms with van der Waals surface area (Å²) >= 11 is 0. The molecule has 2 unspecified atom stereocenters. The van der Waals surface area contributed by atoms with Crippen LogP contribution in [0.25, 0.3) is 0 Å². The highest BCUT2D eigenvalue weighted by Gasteiger charge is 2.16. The van der Waals surface area contributed by atoms with Gasteiger partial charge in [0.15, 0.2) is 0 Å². The Morgan fingerprint density at radius 1 is 1.59 bits per heavy atom. The average Bonchev–Trinajstić information content (AvgIpc) is 2.79. The van der Waals surface area contributed by atoms with Crippen LogP contribution in [0.2, 0.25) is 0 Å². The van der Waals surface area contributed by atoms with Gasteiger partial charge in [-0.3, -0.25) is 4.79 Å². The number of nitrogens with one attached hydrogen (secondary N) is 3. The first-order valence-corrected chi connectivity index (χ1v) is 6.44. The van der Waals surface area contributed by atoms with Crippen LogP contribution < -0.4 is 16.0 Å². The van der Waals surface area contributed by atoms with Crippen LogP contribution in [0.5, 0.6) is 0 Å². The van der Waals surface area contributed by atoms with E-state index in [0.29, 0.717) is 31.8 Å². The summed E-state index contributed by atoms with van der Waals surface area (Å²) in [4.78, 5) is 11.4. The van der Waals surface area contributed by atoms with E-state index in [0.717, 1.165) is 13.0 Å². The van der Waals surface area contributed by atoms with E-state index < -0.39 is 0 Å². The molecule has 0 radical (unpaired) electrons. The molecule has 0 saturated carbocycles. The van der Waals surface area contributed by atoms with Crippen LogP contribution in [0.15, 0.2) is 0 Å². The second-order valence-corrected chi connectivity index (χ2v) is 4.65. The van der Waals surface area contributed by atoms with Crippen molar-refractivity contribution in [2.45, 2.75) is 38.3 Å². The summed E-state index contributed by atoms with van der Waals surface area (Å²) < 4.78 is 4.86. The van der Waals surface area contributed by atoms with Crippen molar-refractivity contribution in [1.82, 2.24) is 16.0 Å². The number of methoxy groups -OCH3 is 1. The molecule has 3 N–H and O–H groups in total. The maximum Gasteiger partial charge on any atom is 0.234 e. The summed E-state index contributed by atoms with van der Waals surface area (Å²) in [6.07, 6.45) is 3.62. The number of amides is 1. The zero-order valence-electron chi connectivity index (χ0n) is 10.9. The van der Waals surface area contributed by atoms with Crippen molar-refractivity contribution >= 4 is 5.91 Å². The van der Waals surface area contributed by atoms with Crippen LogP contribution in [0, 0.1) is 0 Å². The molecule has 1 saturated heterocycles. The first-order chi connectivity index (χ1) is 8.22. The van der Waals surface area contributed by atoms with E-state index in [2.05, 4.69) is 22.9 Å². The maximum atomic E-state index is 11.4. The lowest BCUT2D eigenvalue weighted by Gasteiger charge is -2.18. The smallest absolute Gasteiger partial charge is 0.234 e. The van der Waals surface area contributed by atoms with Gasteiger partial charge in [0.05, 0.1) is 13.2 Å². The molecule has 5 heteroatoms. The first-order valence-electron chi connectivity index (χ1n) is 6.44. The minimum atomic E-state index is 0.0354. The Morgan fingerprint density at radius 3 is 3.06 bits per heavy atom. The molecule has 1 aliphatic rings. The number of hydrogen-bond acceptors (Lipinski definition) is 4. The third kappa shape index (κ3) is 6.61. The molecule has 0 spiro atoms. The first kappa shape index (κ1) is 14.4. The summed E-state index contributed by atoms with van der Waals surface area (Å²) in [7, 11) is 1.63. The molecule has 0 aromatic carbocycles. The molecular weight excluding hydrogens is 218 g/mol. The number of carbonyl (C=O) groups is 1.